The zero-order chi connectivity index (χ0) is 21.4. The fourth-order valence-corrected chi connectivity index (χ4v) is 3.83. The van der Waals surface area contributed by atoms with E-state index in [9.17, 15) is 0 Å². The van der Waals surface area contributed by atoms with Gasteiger partial charge < -0.3 is 14.5 Å². The number of hydrogen-bond donors (Lipinski definition) is 2. The Morgan fingerprint density at radius 3 is 2.24 bits per heavy atom. The molecule has 0 amide bonds. The van der Waals surface area contributed by atoms with E-state index in [1.807, 2.05) is 24.8 Å². The van der Waals surface area contributed by atoms with E-state index in [0.29, 0.717) is 0 Å². The van der Waals surface area contributed by atoms with Crippen LogP contribution < -0.4 is 0 Å². The third-order valence-corrected chi connectivity index (χ3v) is 5.80. The summed E-state index contributed by atoms with van der Waals surface area (Å²) < 4.78 is 2.26. The summed E-state index contributed by atoms with van der Waals surface area (Å²) >= 11 is 0. The van der Waals surface area contributed by atoms with E-state index in [-0.39, 0.29) is 16.2 Å². The summed E-state index contributed by atoms with van der Waals surface area (Å²) in [6, 6.07) is 0. The Kier molecular flexibility index (Phi) is 5.50. The molecule has 0 bridgehead atoms. The van der Waals surface area contributed by atoms with Crippen molar-refractivity contribution in [3.8, 4) is 0 Å². The number of rotatable bonds is 7. The Bertz CT molecular complexity index is 935. The molecule has 29 heavy (non-hydrogen) atoms. The number of imidazole rings is 3. The SMILES string of the molecule is Cn1c(CC(C)(C)c2ncc[nH]2)cnc1C(C)(C)CCc1c[nH]c(C(C)(C)C)n1. The lowest BCUT2D eigenvalue weighted by Crippen LogP contribution is -2.26. The molecule has 0 spiro atoms. The first-order valence-corrected chi connectivity index (χ1v) is 10.5. The average molecular weight is 397 g/mol. The van der Waals surface area contributed by atoms with Crippen LogP contribution in [-0.4, -0.2) is 29.5 Å². The molecule has 0 aliphatic carbocycles. The van der Waals surface area contributed by atoms with Crippen molar-refractivity contribution in [3.63, 3.8) is 0 Å². The maximum absolute atomic E-state index is 4.81. The van der Waals surface area contributed by atoms with Crippen LogP contribution in [-0.2, 0) is 36.1 Å². The van der Waals surface area contributed by atoms with Crippen LogP contribution in [0.15, 0.2) is 24.8 Å². The van der Waals surface area contributed by atoms with Gasteiger partial charge in [0.05, 0.1) is 5.69 Å². The Balaban J connectivity index is 1.72. The molecule has 0 saturated heterocycles. The predicted molar refractivity (Wildman–Crippen MR) is 117 cm³/mol. The molecular formula is C23H36N6. The second-order valence-electron chi connectivity index (χ2n) is 10.5. The van der Waals surface area contributed by atoms with Crippen molar-refractivity contribution in [2.24, 2.45) is 7.05 Å². The molecule has 2 N–H and O–H groups in total. The van der Waals surface area contributed by atoms with E-state index < -0.39 is 0 Å². The van der Waals surface area contributed by atoms with Gasteiger partial charge in [-0.15, -0.1) is 0 Å². The molecule has 0 aromatic carbocycles. The van der Waals surface area contributed by atoms with Crippen LogP contribution in [0.4, 0.5) is 0 Å². The molecule has 0 unspecified atom stereocenters. The molecule has 0 saturated carbocycles. The van der Waals surface area contributed by atoms with E-state index in [4.69, 9.17) is 9.97 Å². The van der Waals surface area contributed by atoms with Gasteiger partial charge in [-0.25, -0.2) is 15.0 Å². The lowest BCUT2D eigenvalue weighted by molar-refractivity contribution is 0.425. The second-order valence-corrected chi connectivity index (χ2v) is 10.5. The quantitative estimate of drug-likeness (QED) is 0.613. The lowest BCUT2D eigenvalue weighted by Gasteiger charge is -2.26. The maximum atomic E-state index is 4.81. The highest BCUT2D eigenvalue weighted by atomic mass is 15.1. The van der Waals surface area contributed by atoms with Crippen molar-refractivity contribution < 1.29 is 0 Å². The normalized spacial score (nSPS) is 13.2. The maximum Gasteiger partial charge on any atom is 0.114 e. The van der Waals surface area contributed by atoms with Gasteiger partial charge in [-0.3, -0.25) is 0 Å². The molecule has 0 aliphatic heterocycles. The molecule has 0 aliphatic rings. The second kappa shape index (κ2) is 7.47. The molecule has 0 atom stereocenters. The topological polar surface area (TPSA) is 75.2 Å². The summed E-state index contributed by atoms with van der Waals surface area (Å²) in [5.41, 5.74) is 2.28. The van der Waals surface area contributed by atoms with E-state index in [0.717, 1.165) is 42.4 Å². The third kappa shape index (κ3) is 4.62. The van der Waals surface area contributed by atoms with Crippen molar-refractivity contribution >= 4 is 0 Å². The van der Waals surface area contributed by atoms with Crippen molar-refractivity contribution in [2.75, 3.05) is 0 Å². The zero-order valence-electron chi connectivity index (χ0n) is 19.2. The molecule has 6 nitrogen and oxygen atoms in total. The first-order valence-electron chi connectivity index (χ1n) is 10.5. The molecule has 6 heteroatoms. The molecule has 158 valence electrons. The van der Waals surface area contributed by atoms with E-state index in [2.05, 4.69) is 75.0 Å². The smallest absolute Gasteiger partial charge is 0.114 e. The van der Waals surface area contributed by atoms with Gasteiger partial charge >= 0.3 is 0 Å². The highest BCUT2D eigenvalue weighted by Crippen LogP contribution is 2.31. The Morgan fingerprint density at radius 1 is 0.931 bits per heavy atom. The van der Waals surface area contributed by atoms with E-state index >= 15 is 0 Å². The summed E-state index contributed by atoms with van der Waals surface area (Å²) in [5, 5.41) is 0. The highest BCUT2D eigenvalue weighted by Gasteiger charge is 2.30. The standard InChI is InChI=1S/C23H36N6/c1-21(2,3)18-26-14-16(28-18)9-10-22(4,5)20-27-15-17(29(20)8)13-23(6,7)19-24-11-12-25-19/h11-12,14-15H,9-10,13H2,1-8H3,(H,24,25)(H,26,28). The van der Waals surface area contributed by atoms with Crippen LogP contribution >= 0.6 is 0 Å². The Morgan fingerprint density at radius 2 is 1.66 bits per heavy atom. The fraction of sp³-hybridized carbons (Fsp3) is 0.609. The number of nitrogens with zero attached hydrogens (tertiary/aromatic N) is 4. The van der Waals surface area contributed by atoms with E-state index in [1.54, 1.807) is 0 Å². The Labute approximate surface area is 174 Å². The minimum absolute atomic E-state index is 0.0390. The van der Waals surface area contributed by atoms with Gasteiger partial charge in [-0.2, -0.15) is 0 Å². The molecule has 0 radical (unpaired) electrons. The molecule has 3 aromatic rings. The average Bonchev–Trinajstić information content (AvgIpc) is 3.34. The van der Waals surface area contributed by atoms with Gasteiger partial charge in [0.15, 0.2) is 0 Å². The summed E-state index contributed by atoms with van der Waals surface area (Å²) in [6.07, 6.45) is 10.6. The summed E-state index contributed by atoms with van der Waals surface area (Å²) in [4.78, 5) is 20.6. The first-order chi connectivity index (χ1) is 13.4. The van der Waals surface area contributed by atoms with Crippen LogP contribution in [0.2, 0.25) is 0 Å². The van der Waals surface area contributed by atoms with Crippen LogP contribution in [0.1, 0.15) is 83.7 Å². The van der Waals surface area contributed by atoms with E-state index in [1.165, 1.54) is 5.69 Å². The predicted octanol–water partition coefficient (Wildman–Crippen LogP) is 4.59. The highest BCUT2D eigenvalue weighted by molar-refractivity contribution is 5.18. The van der Waals surface area contributed by atoms with Crippen LogP contribution in [0, 0.1) is 0 Å². The lowest BCUT2D eigenvalue weighted by atomic mass is 9.85. The first kappa shape index (κ1) is 21.3. The van der Waals surface area contributed by atoms with Gasteiger partial charge in [-0.1, -0.05) is 48.5 Å². The van der Waals surface area contributed by atoms with Crippen molar-refractivity contribution in [1.82, 2.24) is 29.5 Å². The van der Waals surface area contributed by atoms with Crippen LogP contribution in [0.3, 0.4) is 0 Å². The van der Waals surface area contributed by atoms with Gasteiger partial charge in [0.1, 0.15) is 17.5 Å². The largest absolute Gasteiger partial charge is 0.348 e. The molecule has 3 heterocycles. The third-order valence-electron chi connectivity index (χ3n) is 5.80. The van der Waals surface area contributed by atoms with Crippen LogP contribution in [0.5, 0.6) is 0 Å². The van der Waals surface area contributed by atoms with Crippen molar-refractivity contribution in [2.45, 2.75) is 84.0 Å². The summed E-state index contributed by atoms with van der Waals surface area (Å²) in [7, 11) is 2.13. The number of H-pyrrole nitrogens is 2. The van der Waals surface area contributed by atoms with Crippen molar-refractivity contribution in [3.05, 3.63) is 53.6 Å². The molecular weight excluding hydrogens is 360 g/mol. The van der Waals surface area contributed by atoms with Crippen LogP contribution in [0.25, 0.3) is 0 Å². The van der Waals surface area contributed by atoms with Gasteiger partial charge in [0.25, 0.3) is 0 Å². The zero-order valence-corrected chi connectivity index (χ0v) is 19.2. The minimum Gasteiger partial charge on any atom is -0.348 e. The molecule has 3 rings (SSSR count). The minimum atomic E-state index is -0.0723. The van der Waals surface area contributed by atoms with Crippen molar-refractivity contribution in [1.29, 1.82) is 0 Å². The monoisotopic (exact) mass is 396 g/mol. The molecule has 0 fully saturated rings. The number of aryl methyl sites for hydroxylation is 1. The summed E-state index contributed by atoms with van der Waals surface area (Å²) in [6.45, 7) is 15.5. The molecule has 3 aromatic heterocycles. The summed E-state index contributed by atoms with van der Waals surface area (Å²) in [5.74, 6) is 3.17. The number of nitrogens with one attached hydrogen (secondary N) is 2. The Hall–Kier alpha value is -2.37. The number of aromatic nitrogens is 6. The van der Waals surface area contributed by atoms with Gasteiger partial charge in [0, 0.05) is 60.2 Å². The fourth-order valence-electron chi connectivity index (χ4n) is 3.83. The van der Waals surface area contributed by atoms with Gasteiger partial charge in [0.2, 0.25) is 0 Å². The number of aromatic amines is 2. The number of hydrogen-bond acceptors (Lipinski definition) is 3. The van der Waals surface area contributed by atoms with Gasteiger partial charge in [-0.05, 0) is 12.8 Å².